The van der Waals surface area contributed by atoms with Crippen LogP contribution in [0, 0.1) is 6.92 Å². The first-order valence-corrected chi connectivity index (χ1v) is 4.09. The third kappa shape index (κ3) is 1.54. The molecule has 2 N–H and O–H groups in total. The predicted octanol–water partition coefficient (Wildman–Crippen LogP) is 0.879. The second-order valence-corrected chi connectivity index (χ2v) is 2.78. The first kappa shape index (κ1) is 9.35. The van der Waals surface area contributed by atoms with Gasteiger partial charge in [0.05, 0.1) is 6.61 Å². The molecule has 0 spiro atoms. The number of nitrogens with zero attached hydrogens (tertiary/aromatic N) is 2. The quantitative estimate of drug-likeness (QED) is 0.742. The number of aryl methyl sites for hydroxylation is 1. The predicted molar refractivity (Wildman–Crippen MR) is 48.6 cm³/mol. The first-order chi connectivity index (χ1) is 5.70. The van der Waals surface area contributed by atoms with Gasteiger partial charge in [0.1, 0.15) is 11.6 Å². The topological polar surface area (TPSA) is 50.1 Å². The second kappa shape index (κ2) is 3.78. The third-order valence-electron chi connectivity index (χ3n) is 1.68. The minimum atomic E-state index is 0.0855. The van der Waals surface area contributed by atoms with Crippen molar-refractivity contribution < 1.29 is 5.11 Å². The zero-order valence-corrected chi connectivity index (χ0v) is 7.89. The zero-order valence-electron chi connectivity index (χ0n) is 7.13. The van der Waals surface area contributed by atoms with Crippen molar-refractivity contribution in [2.24, 2.45) is 0 Å². The van der Waals surface area contributed by atoms with Gasteiger partial charge in [0.15, 0.2) is 5.15 Å². The van der Waals surface area contributed by atoms with Crippen molar-refractivity contribution in [1.29, 1.82) is 0 Å². The minimum absolute atomic E-state index is 0.0855. The molecule has 1 aromatic heterocycles. The lowest BCUT2D eigenvalue weighted by atomic mass is 10.6. The fourth-order valence-corrected chi connectivity index (χ4v) is 1.46. The van der Waals surface area contributed by atoms with Crippen molar-refractivity contribution >= 4 is 17.4 Å². The Hall–Kier alpha value is -0.740. The molecule has 0 saturated carbocycles. The lowest BCUT2D eigenvalue weighted by molar-refractivity contribution is 0.275. The summed E-state index contributed by atoms with van der Waals surface area (Å²) in [7, 11) is 1.77. The van der Waals surface area contributed by atoms with Crippen LogP contribution in [-0.4, -0.2) is 28.3 Å². The van der Waals surface area contributed by atoms with Crippen molar-refractivity contribution in [2.75, 3.05) is 19.0 Å². The van der Waals surface area contributed by atoms with Gasteiger partial charge in [0, 0.05) is 13.6 Å². The Kier molecular flexibility index (Phi) is 2.94. The molecular weight excluding hydrogens is 178 g/mol. The fourth-order valence-electron chi connectivity index (χ4n) is 1.14. The van der Waals surface area contributed by atoms with Crippen molar-refractivity contribution in [2.45, 2.75) is 13.5 Å². The molecule has 0 aromatic carbocycles. The van der Waals surface area contributed by atoms with Crippen LogP contribution in [0.3, 0.4) is 0 Å². The molecule has 0 bridgehead atoms. The average molecular weight is 190 g/mol. The summed E-state index contributed by atoms with van der Waals surface area (Å²) in [4.78, 5) is 4.06. The zero-order chi connectivity index (χ0) is 9.14. The number of rotatable bonds is 3. The molecule has 0 unspecified atom stereocenters. The Bertz CT molecular complexity index is 272. The fraction of sp³-hybridized carbons (Fsp3) is 0.571. The molecule has 12 heavy (non-hydrogen) atoms. The molecular formula is C7H12ClN3O. The number of aliphatic hydroxyl groups is 1. The second-order valence-electron chi connectivity index (χ2n) is 2.42. The minimum Gasteiger partial charge on any atom is -0.395 e. The normalized spacial score (nSPS) is 10.3. The van der Waals surface area contributed by atoms with E-state index in [0.717, 1.165) is 11.6 Å². The molecule has 4 nitrogen and oxygen atoms in total. The summed E-state index contributed by atoms with van der Waals surface area (Å²) in [6, 6.07) is 0. The summed E-state index contributed by atoms with van der Waals surface area (Å²) >= 11 is 5.81. The van der Waals surface area contributed by atoms with Crippen molar-refractivity contribution in [3.8, 4) is 0 Å². The molecule has 0 atom stereocenters. The monoisotopic (exact) mass is 189 g/mol. The molecule has 0 aliphatic carbocycles. The Morgan fingerprint density at radius 1 is 1.67 bits per heavy atom. The summed E-state index contributed by atoms with van der Waals surface area (Å²) in [6.45, 7) is 2.45. The number of anilines is 1. The summed E-state index contributed by atoms with van der Waals surface area (Å²) < 4.78 is 1.84. The highest BCUT2D eigenvalue weighted by molar-refractivity contribution is 6.31. The van der Waals surface area contributed by atoms with Gasteiger partial charge in [0.25, 0.3) is 0 Å². The van der Waals surface area contributed by atoms with E-state index in [9.17, 15) is 0 Å². The van der Waals surface area contributed by atoms with Crippen molar-refractivity contribution in [1.82, 2.24) is 9.55 Å². The van der Waals surface area contributed by atoms with Gasteiger partial charge in [-0.25, -0.2) is 4.98 Å². The lowest BCUT2D eigenvalue weighted by Crippen LogP contribution is -2.07. The van der Waals surface area contributed by atoms with Gasteiger partial charge < -0.3 is 15.0 Å². The van der Waals surface area contributed by atoms with E-state index < -0.39 is 0 Å². The van der Waals surface area contributed by atoms with Crippen LogP contribution in [-0.2, 0) is 6.54 Å². The van der Waals surface area contributed by atoms with E-state index in [-0.39, 0.29) is 6.61 Å². The molecule has 0 saturated heterocycles. The van der Waals surface area contributed by atoms with Crippen LogP contribution in [0.15, 0.2) is 0 Å². The Labute approximate surface area is 76.2 Å². The summed E-state index contributed by atoms with van der Waals surface area (Å²) in [5.41, 5.74) is 0. The molecule has 1 aromatic rings. The van der Waals surface area contributed by atoms with Gasteiger partial charge >= 0.3 is 0 Å². The molecule has 0 radical (unpaired) electrons. The molecule has 0 aliphatic rings. The highest BCUT2D eigenvalue weighted by atomic mass is 35.5. The first-order valence-electron chi connectivity index (χ1n) is 3.72. The maximum atomic E-state index is 8.75. The van der Waals surface area contributed by atoms with E-state index in [4.69, 9.17) is 16.7 Å². The number of imidazole rings is 1. The Balaban J connectivity index is 3.04. The van der Waals surface area contributed by atoms with Crippen molar-refractivity contribution in [3.05, 3.63) is 11.0 Å². The summed E-state index contributed by atoms with van der Waals surface area (Å²) in [5.74, 6) is 1.56. The molecule has 0 aliphatic heterocycles. The highest BCUT2D eigenvalue weighted by Gasteiger charge is 2.10. The van der Waals surface area contributed by atoms with Gasteiger partial charge in [-0.1, -0.05) is 11.6 Å². The number of halogens is 1. The SMILES string of the molecule is CNc1c(Cl)nc(C)n1CCO. The number of aromatic nitrogens is 2. The van der Waals surface area contributed by atoms with Crippen LogP contribution in [0.5, 0.6) is 0 Å². The molecule has 0 fully saturated rings. The van der Waals surface area contributed by atoms with Crippen LogP contribution in [0.2, 0.25) is 5.15 Å². The molecule has 5 heteroatoms. The van der Waals surface area contributed by atoms with E-state index in [2.05, 4.69) is 10.3 Å². The van der Waals surface area contributed by atoms with Crippen LogP contribution < -0.4 is 5.32 Å². The van der Waals surface area contributed by atoms with Crippen LogP contribution in [0.4, 0.5) is 5.82 Å². The van der Waals surface area contributed by atoms with Gasteiger partial charge in [-0.15, -0.1) is 0 Å². The lowest BCUT2D eigenvalue weighted by Gasteiger charge is -2.06. The number of hydrogen-bond acceptors (Lipinski definition) is 3. The Morgan fingerprint density at radius 2 is 2.33 bits per heavy atom. The number of aliphatic hydroxyl groups excluding tert-OH is 1. The van der Waals surface area contributed by atoms with Gasteiger partial charge in [-0.05, 0) is 6.92 Å². The third-order valence-corrected chi connectivity index (χ3v) is 1.94. The molecule has 0 amide bonds. The maximum Gasteiger partial charge on any atom is 0.171 e. The largest absolute Gasteiger partial charge is 0.395 e. The van der Waals surface area contributed by atoms with E-state index in [1.165, 1.54) is 0 Å². The van der Waals surface area contributed by atoms with Crippen LogP contribution in [0.1, 0.15) is 5.82 Å². The van der Waals surface area contributed by atoms with Crippen LogP contribution in [0.25, 0.3) is 0 Å². The van der Waals surface area contributed by atoms with E-state index in [1.807, 2.05) is 11.5 Å². The van der Waals surface area contributed by atoms with E-state index in [1.54, 1.807) is 7.05 Å². The van der Waals surface area contributed by atoms with Crippen LogP contribution >= 0.6 is 11.6 Å². The average Bonchev–Trinajstić information content (AvgIpc) is 2.28. The molecule has 68 valence electrons. The summed E-state index contributed by atoms with van der Waals surface area (Å²) in [5, 5.41) is 12.1. The van der Waals surface area contributed by atoms with Crippen molar-refractivity contribution in [3.63, 3.8) is 0 Å². The van der Waals surface area contributed by atoms with E-state index >= 15 is 0 Å². The van der Waals surface area contributed by atoms with Gasteiger partial charge in [0.2, 0.25) is 0 Å². The molecule has 1 rings (SSSR count). The van der Waals surface area contributed by atoms with E-state index in [0.29, 0.717) is 11.7 Å². The Morgan fingerprint density at radius 3 is 2.83 bits per heavy atom. The maximum absolute atomic E-state index is 8.75. The standard InChI is InChI=1S/C7H12ClN3O/c1-5-10-6(8)7(9-2)11(5)3-4-12/h9,12H,3-4H2,1-2H3. The molecule has 1 heterocycles. The van der Waals surface area contributed by atoms with Gasteiger partial charge in [-0.3, -0.25) is 0 Å². The van der Waals surface area contributed by atoms with Gasteiger partial charge in [-0.2, -0.15) is 0 Å². The number of hydrogen-bond donors (Lipinski definition) is 2. The summed E-state index contributed by atoms with van der Waals surface area (Å²) in [6.07, 6.45) is 0. The highest BCUT2D eigenvalue weighted by Crippen LogP contribution is 2.21. The smallest absolute Gasteiger partial charge is 0.171 e. The number of nitrogens with one attached hydrogen (secondary N) is 1.